The lowest BCUT2D eigenvalue weighted by molar-refractivity contribution is 0.423. The molecule has 0 aliphatic carbocycles. The summed E-state index contributed by atoms with van der Waals surface area (Å²) < 4.78 is 5.72. The quantitative estimate of drug-likeness (QED) is 0.874. The van der Waals surface area contributed by atoms with E-state index in [1.165, 1.54) is 6.26 Å². The SMILES string of the molecule is Brc1cccc(Nc2ccon2)c1. The Balaban J connectivity index is 2.19. The third kappa shape index (κ3) is 2.09. The van der Waals surface area contributed by atoms with E-state index >= 15 is 0 Å². The van der Waals surface area contributed by atoms with Crippen LogP contribution in [0.3, 0.4) is 0 Å². The van der Waals surface area contributed by atoms with E-state index in [2.05, 4.69) is 26.4 Å². The van der Waals surface area contributed by atoms with Crippen LogP contribution in [-0.4, -0.2) is 5.16 Å². The van der Waals surface area contributed by atoms with Gasteiger partial charge in [-0.05, 0) is 18.2 Å². The van der Waals surface area contributed by atoms with E-state index in [1.807, 2.05) is 24.3 Å². The van der Waals surface area contributed by atoms with Crippen molar-refractivity contribution in [1.29, 1.82) is 0 Å². The number of benzene rings is 1. The lowest BCUT2D eigenvalue weighted by Crippen LogP contribution is -1.88. The summed E-state index contributed by atoms with van der Waals surface area (Å²) in [5.41, 5.74) is 0.975. The van der Waals surface area contributed by atoms with E-state index in [4.69, 9.17) is 4.52 Å². The second kappa shape index (κ2) is 3.62. The lowest BCUT2D eigenvalue weighted by atomic mass is 10.3. The van der Waals surface area contributed by atoms with Crippen LogP contribution in [0.15, 0.2) is 45.6 Å². The van der Waals surface area contributed by atoms with Gasteiger partial charge in [-0.15, -0.1) is 0 Å². The minimum atomic E-state index is 0.707. The van der Waals surface area contributed by atoms with Gasteiger partial charge in [-0.1, -0.05) is 27.2 Å². The molecule has 4 heteroatoms. The van der Waals surface area contributed by atoms with Crippen molar-refractivity contribution in [3.8, 4) is 0 Å². The Morgan fingerprint density at radius 2 is 2.23 bits per heavy atom. The van der Waals surface area contributed by atoms with Crippen molar-refractivity contribution in [2.45, 2.75) is 0 Å². The Hall–Kier alpha value is -1.29. The molecule has 0 amide bonds. The highest BCUT2D eigenvalue weighted by Crippen LogP contribution is 2.18. The molecule has 0 fully saturated rings. The van der Waals surface area contributed by atoms with Gasteiger partial charge in [-0.2, -0.15) is 0 Å². The standard InChI is InChI=1S/C9H7BrN2O/c10-7-2-1-3-8(6-7)11-9-4-5-13-12-9/h1-6H,(H,11,12). The molecule has 2 rings (SSSR count). The Kier molecular flexibility index (Phi) is 2.31. The molecule has 0 aliphatic rings. The summed E-state index contributed by atoms with van der Waals surface area (Å²) in [6, 6.07) is 9.61. The van der Waals surface area contributed by atoms with E-state index < -0.39 is 0 Å². The largest absolute Gasteiger partial charge is 0.363 e. The minimum absolute atomic E-state index is 0.707. The highest BCUT2D eigenvalue weighted by atomic mass is 79.9. The fraction of sp³-hybridized carbons (Fsp3) is 0. The molecule has 1 N–H and O–H groups in total. The zero-order chi connectivity index (χ0) is 9.10. The lowest BCUT2D eigenvalue weighted by Gasteiger charge is -2.01. The van der Waals surface area contributed by atoms with Gasteiger partial charge >= 0.3 is 0 Å². The number of halogens is 1. The third-order valence-electron chi connectivity index (χ3n) is 1.53. The fourth-order valence-corrected chi connectivity index (χ4v) is 1.39. The van der Waals surface area contributed by atoms with Gasteiger partial charge in [0.2, 0.25) is 0 Å². The summed E-state index contributed by atoms with van der Waals surface area (Å²) in [5.74, 6) is 0.707. The maximum atomic E-state index is 4.69. The highest BCUT2D eigenvalue weighted by Gasteiger charge is 1.96. The summed E-state index contributed by atoms with van der Waals surface area (Å²) in [4.78, 5) is 0. The first-order chi connectivity index (χ1) is 6.34. The maximum Gasteiger partial charge on any atom is 0.173 e. The van der Waals surface area contributed by atoms with Gasteiger partial charge in [0.25, 0.3) is 0 Å². The van der Waals surface area contributed by atoms with Crippen LogP contribution in [0.4, 0.5) is 11.5 Å². The van der Waals surface area contributed by atoms with Crippen molar-refractivity contribution in [2.24, 2.45) is 0 Å². The number of anilines is 2. The zero-order valence-electron chi connectivity index (χ0n) is 6.70. The van der Waals surface area contributed by atoms with E-state index in [-0.39, 0.29) is 0 Å². The number of rotatable bonds is 2. The average Bonchev–Trinajstić information content (AvgIpc) is 2.57. The maximum absolute atomic E-state index is 4.69. The van der Waals surface area contributed by atoms with E-state index in [9.17, 15) is 0 Å². The van der Waals surface area contributed by atoms with Crippen LogP contribution in [0, 0.1) is 0 Å². The van der Waals surface area contributed by atoms with Gasteiger partial charge in [-0.25, -0.2) is 0 Å². The number of nitrogens with zero attached hydrogens (tertiary/aromatic N) is 1. The van der Waals surface area contributed by atoms with Crippen molar-refractivity contribution < 1.29 is 4.52 Å². The van der Waals surface area contributed by atoms with Crippen molar-refractivity contribution >= 4 is 27.4 Å². The first-order valence-corrected chi connectivity index (χ1v) is 4.57. The Bertz CT molecular complexity index is 386. The monoisotopic (exact) mass is 238 g/mol. The predicted molar refractivity (Wildman–Crippen MR) is 53.9 cm³/mol. The molecule has 13 heavy (non-hydrogen) atoms. The van der Waals surface area contributed by atoms with E-state index in [1.54, 1.807) is 6.07 Å². The number of hydrogen-bond acceptors (Lipinski definition) is 3. The average molecular weight is 239 g/mol. The van der Waals surface area contributed by atoms with Crippen molar-refractivity contribution in [2.75, 3.05) is 5.32 Å². The second-order valence-corrected chi connectivity index (χ2v) is 3.44. The van der Waals surface area contributed by atoms with Crippen LogP contribution < -0.4 is 5.32 Å². The number of hydrogen-bond donors (Lipinski definition) is 1. The third-order valence-corrected chi connectivity index (χ3v) is 2.03. The van der Waals surface area contributed by atoms with Crippen molar-refractivity contribution in [3.05, 3.63) is 41.1 Å². The van der Waals surface area contributed by atoms with Gasteiger partial charge in [-0.3, -0.25) is 0 Å². The Morgan fingerprint density at radius 3 is 2.92 bits per heavy atom. The molecule has 1 aromatic carbocycles. The molecule has 0 bridgehead atoms. The van der Waals surface area contributed by atoms with Crippen LogP contribution in [0.5, 0.6) is 0 Å². The highest BCUT2D eigenvalue weighted by molar-refractivity contribution is 9.10. The van der Waals surface area contributed by atoms with Crippen molar-refractivity contribution in [1.82, 2.24) is 5.16 Å². The second-order valence-electron chi connectivity index (χ2n) is 2.52. The molecule has 0 unspecified atom stereocenters. The van der Waals surface area contributed by atoms with E-state index in [0.717, 1.165) is 10.2 Å². The Labute approximate surface area is 83.9 Å². The Morgan fingerprint density at radius 1 is 1.31 bits per heavy atom. The molecule has 0 saturated carbocycles. The van der Waals surface area contributed by atoms with Gasteiger partial charge in [0.1, 0.15) is 6.26 Å². The molecule has 66 valence electrons. The molecule has 0 aliphatic heterocycles. The summed E-state index contributed by atoms with van der Waals surface area (Å²) >= 11 is 3.38. The first kappa shape index (κ1) is 8.31. The summed E-state index contributed by atoms with van der Waals surface area (Å²) in [7, 11) is 0. The number of nitrogens with one attached hydrogen (secondary N) is 1. The number of aromatic nitrogens is 1. The summed E-state index contributed by atoms with van der Waals surface area (Å²) in [5, 5.41) is 6.83. The predicted octanol–water partition coefficient (Wildman–Crippen LogP) is 3.18. The topological polar surface area (TPSA) is 38.1 Å². The normalized spacial score (nSPS) is 9.92. The van der Waals surface area contributed by atoms with E-state index in [0.29, 0.717) is 5.82 Å². The summed E-state index contributed by atoms with van der Waals surface area (Å²) in [6.07, 6.45) is 1.53. The molecule has 1 aromatic heterocycles. The molecule has 3 nitrogen and oxygen atoms in total. The smallest absolute Gasteiger partial charge is 0.173 e. The summed E-state index contributed by atoms with van der Waals surface area (Å²) in [6.45, 7) is 0. The molecule has 0 spiro atoms. The molecule has 1 heterocycles. The van der Waals surface area contributed by atoms with Gasteiger partial charge < -0.3 is 9.84 Å². The van der Waals surface area contributed by atoms with Crippen LogP contribution in [0.25, 0.3) is 0 Å². The first-order valence-electron chi connectivity index (χ1n) is 3.77. The molecule has 0 atom stereocenters. The molecular weight excluding hydrogens is 232 g/mol. The van der Waals surface area contributed by atoms with Gasteiger partial charge in [0.05, 0.1) is 0 Å². The minimum Gasteiger partial charge on any atom is -0.363 e. The molecular formula is C9H7BrN2O. The van der Waals surface area contributed by atoms with Crippen LogP contribution in [0.1, 0.15) is 0 Å². The van der Waals surface area contributed by atoms with Crippen LogP contribution in [0.2, 0.25) is 0 Å². The molecule has 2 aromatic rings. The van der Waals surface area contributed by atoms with Gasteiger partial charge in [0.15, 0.2) is 5.82 Å². The molecule has 0 radical (unpaired) electrons. The van der Waals surface area contributed by atoms with Crippen LogP contribution in [-0.2, 0) is 0 Å². The van der Waals surface area contributed by atoms with Crippen molar-refractivity contribution in [3.63, 3.8) is 0 Å². The van der Waals surface area contributed by atoms with Gasteiger partial charge in [0, 0.05) is 16.2 Å². The molecule has 0 saturated heterocycles. The zero-order valence-corrected chi connectivity index (χ0v) is 8.28. The fourth-order valence-electron chi connectivity index (χ4n) is 0.991. The van der Waals surface area contributed by atoms with Crippen LogP contribution >= 0.6 is 15.9 Å².